The molecule has 0 saturated carbocycles. The molecule has 2 heteroatoms. The van der Waals surface area contributed by atoms with Gasteiger partial charge in [0, 0.05) is 32.3 Å². The Morgan fingerprint density at radius 1 is 1.70 bits per heavy atom. The molecular formula is C8H11N2. The SMILES string of the molecule is Cn1[c]cc2c1CCNC2. The summed E-state index contributed by atoms with van der Waals surface area (Å²) in [6.07, 6.45) is 4.30. The zero-order valence-electron chi connectivity index (χ0n) is 6.15. The van der Waals surface area contributed by atoms with Crippen LogP contribution in [0.4, 0.5) is 0 Å². The van der Waals surface area contributed by atoms with Crippen LogP contribution in [-0.4, -0.2) is 11.1 Å². The van der Waals surface area contributed by atoms with Gasteiger partial charge in [-0.25, -0.2) is 0 Å². The second-order valence-corrected chi connectivity index (χ2v) is 2.73. The minimum absolute atomic E-state index is 1.02. The van der Waals surface area contributed by atoms with E-state index in [1.54, 1.807) is 0 Å². The van der Waals surface area contributed by atoms with E-state index in [-0.39, 0.29) is 0 Å². The number of aromatic nitrogens is 1. The van der Waals surface area contributed by atoms with Crippen LogP contribution in [0.1, 0.15) is 11.3 Å². The Kier molecular flexibility index (Phi) is 1.27. The molecule has 1 aromatic rings. The minimum Gasteiger partial charge on any atom is -0.346 e. The number of aryl methyl sites for hydroxylation is 1. The van der Waals surface area contributed by atoms with Gasteiger partial charge in [-0.05, 0) is 11.6 Å². The maximum atomic E-state index is 3.32. The third-order valence-electron chi connectivity index (χ3n) is 2.06. The van der Waals surface area contributed by atoms with Crippen LogP contribution in [0.3, 0.4) is 0 Å². The first kappa shape index (κ1) is 5.98. The van der Waals surface area contributed by atoms with Crippen molar-refractivity contribution in [3.63, 3.8) is 0 Å². The second kappa shape index (κ2) is 2.13. The lowest BCUT2D eigenvalue weighted by Gasteiger charge is -2.13. The Morgan fingerprint density at radius 2 is 2.60 bits per heavy atom. The molecule has 0 amide bonds. The van der Waals surface area contributed by atoms with E-state index in [4.69, 9.17) is 0 Å². The molecule has 1 aliphatic rings. The third kappa shape index (κ3) is 0.762. The number of fused-ring (bicyclic) bond motifs is 1. The zero-order chi connectivity index (χ0) is 6.97. The van der Waals surface area contributed by atoms with Crippen molar-refractivity contribution in [2.75, 3.05) is 6.54 Å². The molecule has 0 saturated heterocycles. The standard InChI is InChI=1S/C8H11N2/c1-10-5-3-7-6-9-4-2-8(7)10/h3,9H,2,4,6H2,1H3. The molecular weight excluding hydrogens is 124 g/mol. The summed E-state index contributed by atoms with van der Waals surface area (Å²) in [4.78, 5) is 0. The van der Waals surface area contributed by atoms with Crippen LogP contribution in [0.5, 0.6) is 0 Å². The van der Waals surface area contributed by atoms with Crippen LogP contribution >= 0.6 is 0 Å². The van der Waals surface area contributed by atoms with Crippen molar-refractivity contribution in [2.24, 2.45) is 7.05 Å². The van der Waals surface area contributed by atoms with Crippen molar-refractivity contribution in [1.29, 1.82) is 0 Å². The average molecular weight is 135 g/mol. The van der Waals surface area contributed by atoms with Gasteiger partial charge in [-0.2, -0.15) is 0 Å². The lowest BCUT2D eigenvalue weighted by Crippen LogP contribution is -2.23. The number of hydrogen-bond donors (Lipinski definition) is 1. The summed E-state index contributed by atoms with van der Waals surface area (Å²) in [5.41, 5.74) is 2.85. The normalized spacial score (nSPS) is 16.9. The smallest absolute Gasteiger partial charge is 0.0650 e. The fraction of sp³-hybridized carbons (Fsp3) is 0.500. The van der Waals surface area contributed by atoms with Crippen molar-refractivity contribution in [3.05, 3.63) is 23.5 Å². The molecule has 1 aromatic heterocycles. The highest BCUT2D eigenvalue weighted by atomic mass is 15.0. The first-order chi connectivity index (χ1) is 4.88. The van der Waals surface area contributed by atoms with Crippen LogP contribution in [0, 0.1) is 6.20 Å². The Balaban J connectivity index is 2.45. The zero-order valence-corrected chi connectivity index (χ0v) is 6.15. The van der Waals surface area contributed by atoms with Gasteiger partial charge in [0.15, 0.2) is 0 Å². The molecule has 0 atom stereocenters. The monoisotopic (exact) mass is 135 g/mol. The molecule has 0 aromatic carbocycles. The van der Waals surface area contributed by atoms with Gasteiger partial charge in [-0.15, -0.1) is 0 Å². The summed E-state index contributed by atoms with van der Waals surface area (Å²) >= 11 is 0. The highest BCUT2D eigenvalue weighted by Gasteiger charge is 2.10. The second-order valence-electron chi connectivity index (χ2n) is 2.73. The molecule has 1 aliphatic heterocycles. The van der Waals surface area contributed by atoms with Crippen molar-refractivity contribution >= 4 is 0 Å². The molecule has 0 fully saturated rings. The van der Waals surface area contributed by atoms with E-state index < -0.39 is 0 Å². The summed E-state index contributed by atoms with van der Waals surface area (Å²) in [5, 5.41) is 3.32. The van der Waals surface area contributed by atoms with E-state index in [0.717, 1.165) is 19.5 Å². The highest BCUT2D eigenvalue weighted by Crippen LogP contribution is 2.12. The van der Waals surface area contributed by atoms with Gasteiger partial charge in [-0.1, -0.05) is 0 Å². The van der Waals surface area contributed by atoms with Crippen molar-refractivity contribution < 1.29 is 0 Å². The first-order valence-electron chi connectivity index (χ1n) is 3.64. The van der Waals surface area contributed by atoms with E-state index in [1.165, 1.54) is 11.3 Å². The van der Waals surface area contributed by atoms with E-state index in [9.17, 15) is 0 Å². The van der Waals surface area contributed by atoms with E-state index >= 15 is 0 Å². The minimum atomic E-state index is 1.02. The van der Waals surface area contributed by atoms with Crippen LogP contribution in [0.25, 0.3) is 0 Å². The molecule has 0 spiro atoms. The molecule has 1 radical (unpaired) electrons. The maximum absolute atomic E-state index is 3.32. The van der Waals surface area contributed by atoms with Gasteiger partial charge in [0.2, 0.25) is 0 Å². The largest absolute Gasteiger partial charge is 0.346 e. The molecule has 0 unspecified atom stereocenters. The predicted molar refractivity (Wildman–Crippen MR) is 39.7 cm³/mol. The molecule has 53 valence electrons. The maximum Gasteiger partial charge on any atom is 0.0650 e. The summed E-state index contributed by atoms with van der Waals surface area (Å²) in [6, 6.07) is 2.07. The number of nitrogens with zero attached hydrogens (tertiary/aromatic N) is 1. The van der Waals surface area contributed by atoms with E-state index in [1.807, 2.05) is 0 Å². The van der Waals surface area contributed by atoms with Gasteiger partial charge in [0.25, 0.3) is 0 Å². The number of rotatable bonds is 0. The number of hydrogen-bond acceptors (Lipinski definition) is 1. The number of nitrogens with one attached hydrogen (secondary N) is 1. The fourth-order valence-electron chi connectivity index (χ4n) is 1.46. The summed E-state index contributed by atoms with van der Waals surface area (Å²) in [7, 11) is 2.06. The Morgan fingerprint density at radius 3 is 3.40 bits per heavy atom. The van der Waals surface area contributed by atoms with Crippen LogP contribution < -0.4 is 5.32 Å². The van der Waals surface area contributed by atoms with Gasteiger partial charge < -0.3 is 9.88 Å². The van der Waals surface area contributed by atoms with Gasteiger partial charge in [0.05, 0.1) is 6.20 Å². The average Bonchev–Trinajstić information content (AvgIpc) is 2.34. The third-order valence-corrected chi connectivity index (χ3v) is 2.06. The quantitative estimate of drug-likeness (QED) is 0.547. The van der Waals surface area contributed by atoms with Crippen LogP contribution in [-0.2, 0) is 20.0 Å². The lowest BCUT2D eigenvalue weighted by atomic mass is 10.1. The first-order valence-corrected chi connectivity index (χ1v) is 3.64. The van der Waals surface area contributed by atoms with Crippen molar-refractivity contribution in [1.82, 2.24) is 9.88 Å². The lowest BCUT2D eigenvalue weighted by molar-refractivity contribution is 0.618. The molecule has 1 N–H and O–H groups in total. The Labute approximate surface area is 60.9 Å². The fourth-order valence-corrected chi connectivity index (χ4v) is 1.46. The highest BCUT2D eigenvalue weighted by molar-refractivity contribution is 5.23. The van der Waals surface area contributed by atoms with Gasteiger partial charge >= 0.3 is 0 Å². The van der Waals surface area contributed by atoms with E-state index in [0.29, 0.717) is 0 Å². The molecule has 10 heavy (non-hydrogen) atoms. The molecule has 2 rings (SSSR count). The topological polar surface area (TPSA) is 17.0 Å². The van der Waals surface area contributed by atoms with Gasteiger partial charge in [-0.3, -0.25) is 0 Å². The summed E-state index contributed by atoms with van der Waals surface area (Å²) in [6.45, 7) is 2.13. The van der Waals surface area contributed by atoms with Gasteiger partial charge in [0.1, 0.15) is 0 Å². The van der Waals surface area contributed by atoms with E-state index in [2.05, 4.69) is 29.2 Å². The molecule has 2 nitrogen and oxygen atoms in total. The summed E-state index contributed by atoms with van der Waals surface area (Å²) in [5.74, 6) is 0. The van der Waals surface area contributed by atoms with Crippen molar-refractivity contribution in [3.8, 4) is 0 Å². The molecule has 0 aliphatic carbocycles. The predicted octanol–water partition coefficient (Wildman–Crippen LogP) is 0.471. The van der Waals surface area contributed by atoms with Crippen LogP contribution in [0.2, 0.25) is 0 Å². The Bertz CT molecular complexity index is 237. The molecule has 2 heterocycles. The summed E-state index contributed by atoms with van der Waals surface area (Å²) < 4.78 is 2.09. The van der Waals surface area contributed by atoms with Crippen molar-refractivity contribution in [2.45, 2.75) is 13.0 Å². The van der Waals surface area contributed by atoms with Crippen LogP contribution in [0.15, 0.2) is 6.07 Å². The Hall–Kier alpha value is -0.760. The molecule has 0 bridgehead atoms.